The number of ether oxygens (including phenoxy) is 1. The van der Waals surface area contributed by atoms with Gasteiger partial charge in [-0.05, 0) is 48.7 Å². The number of benzene rings is 2. The normalized spacial score (nSPS) is 18.8. The smallest absolute Gasteiger partial charge is 0.237 e. The number of amides is 3. The van der Waals surface area contributed by atoms with Crippen LogP contribution in [0.2, 0.25) is 0 Å². The largest absolute Gasteiger partial charge is 0.493 e. The second-order valence-corrected chi connectivity index (χ2v) is 7.91. The van der Waals surface area contributed by atoms with Crippen LogP contribution in [0.1, 0.15) is 38.2 Å². The lowest BCUT2D eigenvalue weighted by Crippen LogP contribution is -2.51. The molecule has 0 saturated carbocycles. The van der Waals surface area contributed by atoms with Gasteiger partial charge < -0.3 is 10.1 Å². The fourth-order valence-corrected chi connectivity index (χ4v) is 3.86. The monoisotopic (exact) mass is 458 g/mol. The van der Waals surface area contributed by atoms with E-state index in [-0.39, 0.29) is 30.7 Å². The number of nitrogens with one attached hydrogen (secondary N) is 2. The molecule has 1 aliphatic rings. The lowest BCUT2D eigenvalue weighted by molar-refractivity contribution is -0.138. The average molecular weight is 459 g/mol. The molecular weight excluding hydrogens is 436 g/mol. The highest BCUT2D eigenvalue weighted by atomic mass is 79.9. The third-order valence-corrected chi connectivity index (χ3v) is 5.68. The van der Waals surface area contributed by atoms with Crippen LogP contribution in [0, 0.1) is 0 Å². The predicted octanol–water partition coefficient (Wildman–Crippen LogP) is 3.94. The van der Waals surface area contributed by atoms with E-state index in [1.54, 1.807) is 12.1 Å². The minimum absolute atomic E-state index is 0.154. The zero-order valence-electron chi connectivity index (χ0n) is 16.2. The number of carbonyl (C=O) groups is 3. The van der Waals surface area contributed by atoms with Crippen molar-refractivity contribution in [3.05, 3.63) is 58.6 Å². The Labute approximate surface area is 178 Å². The topological polar surface area (TPSA) is 84.5 Å². The first-order chi connectivity index (χ1) is 13.9. The number of piperidine rings is 1. The number of hydrogen-bond donors (Lipinski definition) is 2. The van der Waals surface area contributed by atoms with Crippen molar-refractivity contribution in [2.24, 2.45) is 0 Å². The Hall–Kier alpha value is -2.67. The van der Waals surface area contributed by atoms with Crippen LogP contribution in [-0.4, -0.2) is 24.3 Å². The van der Waals surface area contributed by atoms with Gasteiger partial charge in [-0.2, -0.15) is 0 Å². The first-order valence-corrected chi connectivity index (χ1v) is 10.4. The Kier molecular flexibility index (Phi) is 6.69. The minimum atomic E-state index is -0.700. The zero-order chi connectivity index (χ0) is 20.9. The Bertz CT molecular complexity index is 913. The second kappa shape index (κ2) is 9.22. The summed E-state index contributed by atoms with van der Waals surface area (Å²) in [5.74, 6) is 0.0651. The molecule has 2 aromatic carbocycles. The molecular formula is C22H23BrN2O4. The van der Waals surface area contributed by atoms with E-state index in [4.69, 9.17) is 4.74 Å². The molecule has 3 rings (SSSR count). The van der Waals surface area contributed by atoms with Crippen molar-refractivity contribution in [3.63, 3.8) is 0 Å². The fraction of sp³-hybridized carbons (Fsp3) is 0.318. The maximum atomic E-state index is 12.5. The zero-order valence-corrected chi connectivity index (χ0v) is 17.8. The molecule has 2 aromatic rings. The Morgan fingerprint density at radius 2 is 1.97 bits per heavy atom. The van der Waals surface area contributed by atoms with E-state index in [1.165, 1.54) is 0 Å². The molecule has 1 unspecified atom stereocenters. The molecule has 1 fully saturated rings. The number of imide groups is 1. The van der Waals surface area contributed by atoms with Crippen LogP contribution >= 0.6 is 15.9 Å². The molecule has 152 valence electrons. The van der Waals surface area contributed by atoms with E-state index in [0.717, 1.165) is 10.0 Å². The quantitative estimate of drug-likeness (QED) is 0.615. The molecule has 1 aliphatic heterocycles. The maximum Gasteiger partial charge on any atom is 0.237 e. The molecule has 0 bridgehead atoms. The number of anilines is 1. The summed E-state index contributed by atoms with van der Waals surface area (Å²) >= 11 is 3.38. The van der Waals surface area contributed by atoms with Gasteiger partial charge >= 0.3 is 0 Å². The number of carbonyl (C=O) groups excluding carboxylic acids is 3. The SMILES string of the molecule is CCC1(c2ccc(NC(=O)CCOc3cccc(Br)c3)cc2)CCC(=O)NC1=O. The van der Waals surface area contributed by atoms with Crippen LogP contribution in [0.5, 0.6) is 5.75 Å². The lowest BCUT2D eigenvalue weighted by atomic mass is 9.72. The minimum Gasteiger partial charge on any atom is -0.493 e. The first-order valence-electron chi connectivity index (χ1n) is 9.56. The highest BCUT2D eigenvalue weighted by Crippen LogP contribution is 2.36. The van der Waals surface area contributed by atoms with Crippen molar-refractivity contribution < 1.29 is 19.1 Å². The summed E-state index contributed by atoms with van der Waals surface area (Å²) in [6.45, 7) is 2.21. The van der Waals surface area contributed by atoms with Crippen molar-refractivity contribution >= 4 is 39.3 Å². The Morgan fingerprint density at radius 1 is 1.21 bits per heavy atom. The highest BCUT2D eigenvalue weighted by Gasteiger charge is 2.42. The van der Waals surface area contributed by atoms with Crippen molar-refractivity contribution in [2.75, 3.05) is 11.9 Å². The van der Waals surface area contributed by atoms with Gasteiger partial charge in [0.25, 0.3) is 0 Å². The highest BCUT2D eigenvalue weighted by molar-refractivity contribution is 9.10. The van der Waals surface area contributed by atoms with Crippen molar-refractivity contribution in [2.45, 2.75) is 38.0 Å². The van der Waals surface area contributed by atoms with E-state index in [9.17, 15) is 14.4 Å². The predicted molar refractivity (Wildman–Crippen MR) is 114 cm³/mol. The Balaban J connectivity index is 1.56. The van der Waals surface area contributed by atoms with Crippen LogP contribution in [0.3, 0.4) is 0 Å². The van der Waals surface area contributed by atoms with Crippen LogP contribution in [-0.2, 0) is 19.8 Å². The van der Waals surface area contributed by atoms with E-state index >= 15 is 0 Å². The van der Waals surface area contributed by atoms with Gasteiger partial charge in [-0.1, -0.05) is 41.1 Å². The maximum absolute atomic E-state index is 12.5. The molecule has 0 aromatic heterocycles. The fourth-order valence-electron chi connectivity index (χ4n) is 3.48. The average Bonchev–Trinajstić information content (AvgIpc) is 2.69. The summed E-state index contributed by atoms with van der Waals surface area (Å²) < 4.78 is 6.50. The number of halogens is 1. The van der Waals surface area contributed by atoms with E-state index in [1.807, 2.05) is 43.3 Å². The summed E-state index contributed by atoms with van der Waals surface area (Å²) in [5.41, 5.74) is 0.801. The molecule has 3 amide bonds. The van der Waals surface area contributed by atoms with Crippen molar-refractivity contribution in [1.82, 2.24) is 5.32 Å². The van der Waals surface area contributed by atoms with Gasteiger partial charge in [0.2, 0.25) is 17.7 Å². The molecule has 1 atom stereocenters. The van der Waals surface area contributed by atoms with Gasteiger partial charge in [0, 0.05) is 16.6 Å². The molecule has 0 spiro atoms. The summed E-state index contributed by atoms with van der Waals surface area (Å²) in [7, 11) is 0. The van der Waals surface area contributed by atoms with Crippen LogP contribution in [0.25, 0.3) is 0 Å². The number of hydrogen-bond acceptors (Lipinski definition) is 4. The van der Waals surface area contributed by atoms with Gasteiger partial charge in [0.15, 0.2) is 0 Å². The van der Waals surface area contributed by atoms with Crippen molar-refractivity contribution in [1.29, 1.82) is 0 Å². The van der Waals surface area contributed by atoms with E-state index < -0.39 is 5.41 Å². The van der Waals surface area contributed by atoms with Crippen molar-refractivity contribution in [3.8, 4) is 5.75 Å². The summed E-state index contributed by atoms with van der Waals surface area (Å²) in [4.78, 5) is 36.1. The van der Waals surface area contributed by atoms with Gasteiger partial charge in [-0.15, -0.1) is 0 Å². The molecule has 29 heavy (non-hydrogen) atoms. The lowest BCUT2D eigenvalue weighted by Gasteiger charge is -2.35. The van der Waals surface area contributed by atoms with E-state index in [2.05, 4.69) is 26.6 Å². The molecule has 0 radical (unpaired) electrons. The van der Waals surface area contributed by atoms with Gasteiger partial charge in [-0.25, -0.2) is 0 Å². The van der Waals surface area contributed by atoms with Gasteiger partial charge in [-0.3, -0.25) is 19.7 Å². The summed E-state index contributed by atoms with van der Waals surface area (Å²) in [6, 6.07) is 14.7. The van der Waals surface area contributed by atoms with Crippen LogP contribution < -0.4 is 15.4 Å². The van der Waals surface area contributed by atoms with E-state index in [0.29, 0.717) is 30.7 Å². The second-order valence-electron chi connectivity index (χ2n) is 6.99. The third-order valence-electron chi connectivity index (χ3n) is 5.19. The molecule has 1 heterocycles. The third kappa shape index (κ3) is 5.03. The molecule has 1 saturated heterocycles. The molecule has 6 nitrogen and oxygen atoms in total. The Morgan fingerprint density at radius 3 is 2.62 bits per heavy atom. The summed E-state index contributed by atoms with van der Waals surface area (Å²) in [5, 5.41) is 5.28. The standard InChI is InChI=1S/C22H23BrN2O4/c1-2-22(12-10-19(26)25-21(22)28)15-6-8-17(9-7-15)24-20(27)11-13-29-18-5-3-4-16(23)14-18/h3-9,14H,2,10-13H2,1H3,(H,24,27)(H,25,26,28). The molecule has 2 N–H and O–H groups in total. The van der Waals surface area contributed by atoms with Crippen LogP contribution in [0.15, 0.2) is 53.0 Å². The van der Waals surface area contributed by atoms with Crippen LogP contribution in [0.4, 0.5) is 5.69 Å². The summed E-state index contributed by atoms with van der Waals surface area (Å²) in [6.07, 6.45) is 1.64. The van der Waals surface area contributed by atoms with Gasteiger partial charge in [0.1, 0.15) is 5.75 Å². The number of rotatable bonds is 7. The molecule has 7 heteroatoms. The molecule has 0 aliphatic carbocycles. The van der Waals surface area contributed by atoms with Gasteiger partial charge in [0.05, 0.1) is 18.4 Å². The first kappa shape index (κ1) is 21.0.